The van der Waals surface area contributed by atoms with Crippen LogP contribution in [-0.4, -0.2) is 23.4 Å². The number of hydrogen-bond acceptors (Lipinski definition) is 3. The van der Waals surface area contributed by atoms with Crippen LogP contribution < -0.4 is 5.73 Å². The van der Waals surface area contributed by atoms with Crippen molar-refractivity contribution in [1.82, 2.24) is 4.57 Å². The summed E-state index contributed by atoms with van der Waals surface area (Å²) in [4.78, 5) is 5.23. The fourth-order valence-electron chi connectivity index (χ4n) is 2.51. The van der Waals surface area contributed by atoms with E-state index in [9.17, 15) is 0 Å². The van der Waals surface area contributed by atoms with Gasteiger partial charge in [-0.1, -0.05) is 35.5 Å². The van der Waals surface area contributed by atoms with Gasteiger partial charge in [0.15, 0.2) is 0 Å². The third kappa shape index (κ3) is 2.27. The normalized spacial score (nSPS) is 19.6. The maximum absolute atomic E-state index is 5.41. The fourth-order valence-corrected chi connectivity index (χ4v) is 2.51. The van der Waals surface area contributed by atoms with Crippen molar-refractivity contribution in [2.75, 3.05) is 13.2 Å². The minimum absolute atomic E-state index is 0.312. The second-order valence-corrected chi connectivity index (χ2v) is 4.59. The molecule has 0 fully saturated rings. The first kappa shape index (κ1) is 12.0. The number of hydrogen-bond donors (Lipinski definition) is 1. The highest BCUT2D eigenvalue weighted by Gasteiger charge is 2.28. The number of rotatable bonds is 4. The molecular formula is C15H17N3O. The Kier molecular flexibility index (Phi) is 3.33. The van der Waals surface area contributed by atoms with E-state index in [1.807, 2.05) is 12.1 Å². The Labute approximate surface area is 112 Å². The predicted molar refractivity (Wildman–Crippen MR) is 75.2 cm³/mol. The van der Waals surface area contributed by atoms with Crippen molar-refractivity contribution in [1.29, 1.82) is 0 Å². The van der Waals surface area contributed by atoms with Gasteiger partial charge in [0.25, 0.3) is 0 Å². The molecule has 2 N–H and O–H groups in total. The maximum atomic E-state index is 5.41. The van der Waals surface area contributed by atoms with E-state index in [4.69, 9.17) is 10.6 Å². The first-order chi connectivity index (χ1) is 9.40. The monoisotopic (exact) mass is 255 g/mol. The highest BCUT2D eigenvalue weighted by Crippen LogP contribution is 2.32. The molecule has 1 unspecified atom stereocenters. The van der Waals surface area contributed by atoms with Crippen LogP contribution >= 0.6 is 0 Å². The lowest BCUT2D eigenvalue weighted by atomic mass is 10.0. The van der Waals surface area contributed by atoms with E-state index < -0.39 is 0 Å². The van der Waals surface area contributed by atoms with Gasteiger partial charge in [-0.25, -0.2) is 0 Å². The van der Waals surface area contributed by atoms with E-state index in [0.717, 1.165) is 17.8 Å². The molecule has 0 radical (unpaired) electrons. The molecule has 1 atom stereocenters. The molecule has 19 heavy (non-hydrogen) atoms. The number of benzene rings is 1. The quantitative estimate of drug-likeness (QED) is 0.672. The maximum Gasteiger partial charge on any atom is 0.129 e. The number of oxime groups is 1. The van der Waals surface area contributed by atoms with E-state index in [-0.39, 0.29) is 0 Å². The summed E-state index contributed by atoms with van der Waals surface area (Å²) < 4.78 is 2.25. The third-order valence-electron chi connectivity index (χ3n) is 3.37. The van der Waals surface area contributed by atoms with Gasteiger partial charge in [0.05, 0.1) is 11.7 Å². The van der Waals surface area contributed by atoms with Crippen molar-refractivity contribution >= 4 is 5.71 Å². The van der Waals surface area contributed by atoms with Crippen LogP contribution in [0.5, 0.6) is 0 Å². The number of fused-ring (bicyclic) bond motifs is 1. The van der Waals surface area contributed by atoms with Gasteiger partial charge in [-0.3, -0.25) is 0 Å². The summed E-state index contributed by atoms with van der Waals surface area (Å²) in [7, 11) is 0. The zero-order valence-corrected chi connectivity index (χ0v) is 10.7. The average Bonchev–Trinajstić information content (AvgIpc) is 3.03. The average molecular weight is 255 g/mol. The van der Waals surface area contributed by atoms with Gasteiger partial charge in [0.1, 0.15) is 12.3 Å². The second-order valence-electron chi connectivity index (χ2n) is 4.59. The molecule has 0 amide bonds. The summed E-state index contributed by atoms with van der Waals surface area (Å²) in [6, 6.07) is 14.9. The molecule has 0 saturated carbocycles. The van der Waals surface area contributed by atoms with Gasteiger partial charge < -0.3 is 15.1 Å². The lowest BCUT2D eigenvalue weighted by Crippen LogP contribution is -2.07. The SMILES string of the molecule is NCCO/N=C1/CC(c2ccccc2)n2cccc21. The molecular weight excluding hydrogens is 238 g/mol. The van der Waals surface area contributed by atoms with Crippen LogP contribution in [0.4, 0.5) is 0 Å². The lowest BCUT2D eigenvalue weighted by molar-refractivity contribution is 0.152. The number of nitrogens with two attached hydrogens (primary N) is 1. The molecule has 3 rings (SSSR count). The van der Waals surface area contributed by atoms with Crippen LogP contribution in [0.15, 0.2) is 53.8 Å². The molecule has 98 valence electrons. The van der Waals surface area contributed by atoms with Gasteiger partial charge >= 0.3 is 0 Å². The molecule has 0 spiro atoms. The molecule has 0 aliphatic carbocycles. The van der Waals surface area contributed by atoms with E-state index in [1.165, 1.54) is 5.56 Å². The zero-order valence-electron chi connectivity index (χ0n) is 10.7. The number of aromatic nitrogens is 1. The first-order valence-electron chi connectivity index (χ1n) is 6.51. The number of nitrogens with zero attached hydrogens (tertiary/aromatic N) is 2. The summed E-state index contributed by atoms with van der Waals surface area (Å²) in [5.74, 6) is 0. The summed E-state index contributed by atoms with van der Waals surface area (Å²) in [5.41, 5.74) is 8.83. The van der Waals surface area contributed by atoms with Crippen LogP contribution in [0.2, 0.25) is 0 Å². The van der Waals surface area contributed by atoms with Gasteiger partial charge in [0.2, 0.25) is 0 Å². The van der Waals surface area contributed by atoms with Gasteiger partial charge in [0, 0.05) is 19.2 Å². The van der Waals surface area contributed by atoms with Crippen molar-refractivity contribution in [3.05, 3.63) is 59.9 Å². The Balaban J connectivity index is 1.89. The molecule has 0 bridgehead atoms. The highest BCUT2D eigenvalue weighted by atomic mass is 16.6. The largest absolute Gasteiger partial charge is 0.394 e. The minimum Gasteiger partial charge on any atom is -0.394 e. The molecule has 2 aromatic rings. The van der Waals surface area contributed by atoms with Gasteiger partial charge in [-0.05, 0) is 17.7 Å². The topological polar surface area (TPSA) is 52.5 Å². The van der Waals surface area contributed by atoms with Crippen molar-refractivity contribution in [2.45, 2.75) is 12.5 Å². The zero-order chi connectivity index (χ0) is 13.1. The van der Waals surface area contributed by atoms with Crippen LogP contribution in [0.3, 0.4) is 0 Å². The lowest BCUT2D eigenvalue weighted by Gasteiger charge is -2.12. The fraction of sp³-hybridized carbons (Fsp3) is 0.267. The smallest absolute Gasteiger partial charge is 0.129 e. The van der Waals surface area contributed by atoms with Crippen LogP contribution in [-0.2, 0) is 4.84 Å². The summed E-state index contributed by atoms with van der Waals surface area (Å²) in [6.07, 6.45) is 2.96. The standard InChI is InChI=1S/C15H17N3O/c16-8-10-19-17-13-11-15(12-5-2-1-3-6-12)18-9-4-7-14(13)18/h1-7,9,15H,8,10-11,16H2/b17-13-. The van der Waals surface area contributed by atoms with Gasteiger partial charge in [-0.15, -0.1) is 0 Å². The summed E-state index contributed by atoms with van der Waals surface area (Å²) in [5, 5.41) is 4.22. The van der Waals surface area contributed by atoms with Crippen LogP contribution in [0.25, 0.3) is 0 Å². The van der Waals surface area contributed by atoms with Crippen molar-refractivity contribution < 1.29 is 4.84 Å². The van der Waals surface area contributed by atoms with E-state index in [2.05, 4.69) is 46.3 Å². The van der Waals surface area contributed by atoms with Crippen molar-refractivity contribution in [3.63, 3.8) is 0 Å². The Hall–Kier alpha value is -2.07. The van der Waals surface area contributed by atoms with E-state index in [1.54, 1.807) is 0 Å². The molecule has 1 aliphatic heterocycles. The predicted octanol–water partition coefficient (Wildman–Crippen LogP) is 2.16. The highest BCUT2D eigenvalue weighted by molar-refractivity contribution is 6.01. The Morgan fingerprint density at radius 2 is 2.05 bits per heavy atom. The Morgan fingerprint density at radius 3 is 2.84 bits per heavy atom. The molecule has 1 aromatic carbocycles. The van der Waals surface area contributed by atoms with Crippen molar-refractivity contribution in [2.24, 2.45) is 10.9 Å². The Bertz CT molecular complexity index is 574. The third-order valence-corrected chi connectivity index (χ3v) is 3.37. The summed E-state index contributed by atoms with van der Waals surface area (Å²) >= 11 is 0. The molecule has 1 aromatic heterocycles. The Morgan fingerprint density at radius 1 is 1.21 bits per heavy atom. The van der Waals surface area contributed by atoms with E-state index >= 15 is 0 Å². The molecule has 4 heteroatoms. The van der Waals surface area contributed by atoms with Crippen molar-refractivity contribution in [3.8, 4) is 0 Å². The van der Waals surface area contributed by atoms with Crippen LogP contribution in [0, 0.1) is 0 Å². The van der Waals surface area contributed by atoms with E-state index in [0.29, 0.717) is 19.2 Å². The van der Waals surface area contributed by atoms with Gasteiger partial charge in [-0.2, -0.15) is 0 Å². The summed E-state index contributed by atoms with van der Waals surface area (Å²) in [6.45, 7) is 0.945. The molecule has 0 saturated heterocycles. The molecule has 1 aliphatic rings. The second kappa shape index (κ2) is 5.28. The molecule has 2 heterocycles. The minimum atomic E-state index is 0.312. The van der Waals surface area contributed by atoms with Crippen LogP contribution in [0.1, 0.15) is 23.7 Å². The molecule has 4 nitrogen and oxygen atoms in total. The first-order valence-corrected chi connectivity index (χ1v) is 6.51.